The Morgan fingerprint density at radius 1 is 1.03 bits per heavy atom. The zero-order valence-electron chi connectivity index (χ0n) is 16.5. The molecule has 0 bridgehead atoms. The molecule has 0 aliphatic rings. The number of anilines is 2. The summed E-state index contributed by atoms with van der Waals surface area (Å²) in [5.74, 6) is -0.0830. The van der Waals surface area contributed by atoms with E-state index in [1.54, 1.807) is 24.3 Å². The zero-order chi connectivity index (χ0) is 21.8. The molecule has 0 saturated heterocycles. The summed E-state index contributed by atoms with van der Waals surface area (Å²) < 4.78 is 1.72. The van der Waals surface area contributed by atoms with Crippen molar-refractivity contribution in [1.29, 1.82) is 0 Å². The van der Waals surface area contributed by atoms with E-state index in [4.69, 9.17) is 11.6 Å². The van der Waals surface area contributed by atoms with Crippen LogP contribution < -0.4 is 10.6 Å². The van der Waals surface area contributed by atoms with Gasteiger partial charge in [0.05, 0.1) is 26.7 Å². The molecule has 1 aromatic heterocycles. The lowest BCUT2D eigenvalue weighted by Gasteiger charge is -2.05. The number of carbonyl (C=O) groups excluding carboxylic acids is 2. The van der Waals surface area contributed by atoms with E-state index in [1.807, 2.05) is 49.4 Å². The summed E-state index contributed by atoms with van der Waals surface area (Å²) >= 11 is 8.92. The maximum absolute atomic E-state index is 12.4. The standard InChI is InChI=1S/C23H18ClN3O2S2/c1-14-6-8-15(9-7-14)22(29)25-16-10-11-19-20(12-16)31-23(27-19)30-13-21(28)26-18-5-3-2-4-17(18)24/h2-12H,13H2,1H3,(H,25,29)(H,26,28). The summed E-state index contributed by atoms with van der Waals surface area (Å²) in [6.07, 6.45) is 0. The van der Waals surface area contributed by atoms with Gasteiger partial charge in [0.25, 0.3) is 5.91 Å². The molecule has 0 radical (unpaired) electrons. The molecule has 4 aromatic rings. The minimum Gasteiger partial charge on any atom is -0.324 e. The van der Waals surface area contributed by atoms with Crippen molar-refractivity contribution >= 4 is 68.1 Å². The van der Waals surface area contributed by atoms with E-state index in [2.05, 4.69) is 15.6 Å². The van der Waals surface area contributed by atoms with Crippen LogP contribution >= 0.6 is 34.7 Å². The quantitative estimate of drug-likeness (QED) is 0.329. The minimum absolute atomic E-state index is 0.150. The molecule has 2 amide bonds. The number of aryl methyl sites for hydroxylation is 1. The number of halogens is 1. The van der Waals surface area contributed by atoms with Crippen LogP contribution in [0.15, 0.2) is 71.1 Å². The maximum Gasteiger partial charge on any atom is 0.255 e. The molecular formula is C23H18ClN3O2S2. The molecule has 31 heavy (non-hydrogen) atoms. The second-order valence-corrected chi connectivity index (χ2v) is 9.46. The van der Waals surface area contributed by atoms with Gasteiger partial charge in [0.1, 0.15) is 0 Å². The second-order valence-electron chi connectivity index (χ2n) is 6.80. The maximum atomic E-state index is 12.4. The highest BCUT2D eigenvalue weighted by Gasteiger charge is 2.11. The fourth-order valence-electron chi connectivity index (χ4n) is 2.83. The Labute approximate surface area is 192 Å². The number of carbonyl (C=O) groups is 2. The number of nitrogens with one attached hydrogen (secondary N) is 2. The smallest absolute Gasteiger partial charge is 0.255 e. The SMILES string of the molecule is Cc1ccc(C(=O)Nc2ccc3nc(SCC(=O)Nc4ccccc4Cl)sc3c2)cc1. The molecule has 1 heterocycles. The predicted molar refractivity (Wildman–Crippen MR) is 130 cm³/mol. The van der Waals surface area contributed by atoms with Gasteiger partial charge in [-0.25, -0.2) is 4.98 Å². The summed E-state index contributed by atoms with van der Waals surface area (Å²) in [7, 11) is 0. The molecule has 0 unspecified atom stereocenters. The average Bonchev–Trinajstić information content (AvgIpc) is 3.16. The highest BCUT2D eigenvalue weighted by atomic mass is 35.5. The van der Waals surface area contributed by atoms with Crippen LogP contribution in [0.5, 0.6) is 0 Å². The molecule has 156 valence electrons. The summed E-state index contributed by atoms with van der Waals surface area (Å²) in [5.41, 5.74) is 3.83. The lowest BCUT2D eigenvalue weighted by molar-refractivity contribution is -0.113. The fourth-order valence-corrected chi connectivity index (χ4v) is 4.92. The van der Waals surface area contributed by atoms with Crippen molar-refractivity contribution in [3.63, 3.8) is 0 Å². The molecule has 3 aromatic carbocycles. The molecular weight excluding hydrogens is 450 g/mol. The first-order valence-electron chi connectivity index (χ1n) is 9.44. The third-order valence-electron chi connectivity index (χ3n) is 4.42. The molecule has 0 saturated carbocycles. The molecule has 5 nitrogen and oxygen atoms in total. The van der Waals surface area contributed by atoms with E-state index < -0.39 is 0 Å². The van der Waals surface area contributed by atoms with Crippen molar-refractivity contribution in [3.05, 3.63) is 82.9 Å². The zero-order valence-corrected chi connectivity index (χ0v) is 18.9. The van der Waals surface area contributed by atoms with Crippen LogP contribution in [0.4, 0.5) is 11.4 Å². The van der Waals surface area contributed by atoms with Crippen LogP contribution in [0.3, 0.4) is 0 Å². The highest BCUT2D eigenvalue weighted by Crippen LogP contribution is 2.31. The lowest BCUT2D eigenvalue weighted by atomic mass is 10.1. The number of rotatable bonds is 6. The van der Waals surface area contributed by atoms with Crippen LogP contribution in [0.25, 0.3) is 10.2 Å². The molecule has 4 rings (SSSR count). The Morgan fingerprint density at radius 2 is 1.81 bits per heavy atom. The van der Waals surface area contributed by atoms with E-state index in [0.29, 0.717) is 22.0 Å². The van der Waals surface area contributed by atoms with Crippen molar-refractivity contribution in [3.8, 4) is 0 Å². The van der Waals surface area contributed by atoms with Gasteiger partial charge in [0.15, 0.2) is 4.34 Å². The molecule has 0 aliphatic carbocycles. The molecule has 0 aliphatic heterocycles. The van der Waals surface area contributed by atoms with Crippen molar-refractivity contribution in [2.45, 2.75) is 11.3 Å². The third kappa shape index (κ3) is 5.44. The normalized spacial score (nSPS) is 10.8. The van der Waals surface area contributed by atoms with Crippen LogP contribution in [0.1, 0.15) is 15.9 Å². The van der Waals surface area contributed by atoms with E-state index in [-0.39, 0.29) is 17.6 Å². The monoisotopic (exact) mass is 467 g/mol. The van der Waals surface area contributed by atoms with Gasteiger partial charge in [-0.3, -0.25) is 9.59 Å². The van der Waals surface area contributed by atoms with Gasteiger partial charge in [0.2, 0.25) is 5.91 Å². The van der Waals surface area contributed by atoms with Crippen molar-refractivity contribution in [1.82, 2.24) is 4.98 Å². The fraction of sp³-hybridized carbons (Fsp3) is 0.0870. The number of amides is 2. The van der Waals surface area contributed by atoms with Gasteiger partial charge in [0, 0.05) is 11.3 Å². The first kappa shape index (κ1) is 21.4. The van der Waals surface area contributed by atoms with Gasteiger partial charge in [-0.1, -0.05) is 53.2 Å². The van der Waals surface area contributed by atoms with Crippen LogP contribution in [0, 0.1) is 6.92 Å². The van der Waals surface area contributed by atoms with Gasteiger partial charge in [-0.2, -0.15) is 0 Å². The predicted octanol–water partition coefficient (Wildman–Crippen LogP) is 6.24. The van der Waals surface area contributed by atoms with E-state index in [9.17, 15) is 9.59 Å². The second kappa shape index (κ2) is 9.51. The number of thiazole rings is 1. The molecule has 8 heteroatoms. The van der Waals surface area contributed by atoms with Crippen molar-refractivity contribution < 1.29 is 9.59 Å². The van der Waals surface area contributed by atoms with Crippen LogP contribution in [0.2, 0.25) is 5.02 Å². The van der Waals surface area contributed by atoms with E-state index in [0.717, 1.165) is 20.1 Å². The van der Waals surface area contributed by atoms with Gasteiger partial charge < -0.3 is 10.6 Å². The number of hydrogen-bond acceptors (Lipinski definition) is 5. The Bertz CT molecular complexity index is 1260. The number of hydrogen-bond donors (Lipinski definition) is 2. The summed E-state index contributed by atoms with van der Waals surface area (Å²) in [4.78, 5) is 29.2. The van der Waals surface area contributed by atoms with Crippen LogP contribution in [-0.4, -0.2) is 22.6 Å². The molecule has 0 fully saturated rings. The number of aromatic nitrogens is 1. The van der Waals surface area contributed by atoms with Crippen molar-refractivity contribution in [2.24, 2.45) is 0 Å². The molecule has 0 atom stereocenters. The first-order chi connectivity index (χ1) is 15.0. The topological polar surface area (TPSA) is 71.1 Å². The lowest BCUT2D eigenvalue weighted by Crippen LogP contribution is -2.14. The van der Waals surface area contributed by atoms with Gasteiger partial charge in [-0.05, 0) is 49.4 Å². The van der Waals surface area contributed by atoms with E-state index in [1.165, 1.54) is 23.1 Å². The Kier molecular flexibility index (Phi) is 6.56. The summed E-state index contributed by atoms with van der Waals surface area (Å²) in [5, 5.41) is 6.22. The largest absolute Gasteiger partial charge is 0.324 e. The van der Waals surface area contributed by atoms with Gasteiger partial charge in [-0.15, -0.1) is 11.3 Å². The van der Waals surface area contributed by atoms with Crippen LogP contribution in [-0.2, 0) is 4.79 Å². The van der Waals surface area contributed by atoms with Gasteiger partial charge >= 0.3 is 0 Å². The molecule has 2 N–H and O–H groups in total. The number of nitrogens with zero attached hydrogens (tertiary/aromatic N) is 1. The Hall–Kier alpha value is -2.87. The summed E-state index contributed by atoms with van der Waals surface area (Å²) in [6.45, 7) is 1.98. The first-order valence-corrected chi connectivity index (χ1v) is 11.6. The minimum atomic E-state index is -0.158. The Balaban J connectivity index is 1.39. The number of benzene rings is 3. The molecule has 0 spiro atoms. The highest BCUT2D eigenvalue weighted by molar-refractivity contribution is 8.01. The number of thioether (sulfide) groups is 1. The Morgan fingerprint density at radius 3 is 2.58 bits per heavy atom. The van der Waals surface area contributed by atoms with E-state index >= 15 is 0 Å². The number of para-hydroxylation sites is 1. The summed E-state index contributed by atoms with van der Waals surface area (Å²) in [6, 6.07) is 20.1. The number of fused-ring (bicyclic) bond motifs is 1. The van der Waals surface area contributed by atoms with Crippen molar-refractivity contribution in [2.75, 3.05) is 16.4 Å². The average molecular weight is 468 g/mol. The third-order valence-corrected chi connectivity index (χ3v) is 6.91.